The van der Waals surface area contributed by atoms with Crippen molar-refractivity contribution in [1.82, 2.24) is 0 Å². The summed E-state index contributed by atoms with van der Waals surface area (Å²) in [6.07, 6.45) is 5.03. The summed E-state index contributed by atoms with van der Waals surface area (Å²) in [7, 11) is 0. The maximum Gasteiger partial charge on any atom is 0.332 e. The Morgan fingerprint density at radius 1 is 1.77 bits per heavy atom. The van der Waals surface area contributed by atoms with Crippen molar-refractivity contribution in [3.05, 3.63) is 23.8 Å². The molecule has 0 spiro atoms. The number of nitrogens with two attached hydrogens (primary N) is 1. The van der Waals surface area contributed by atoms with Gasteiger partial charge in [0.25, 0.3) is 0 Å². The van der Waals surface area contributed by atoms with Gasteiger partial charge in [0, 0.05) is 12.5 Å². The highest BCUT2D eigenvalue weighted by Gasteiger charge is 2.15. The van der Waals surface area contributed by atoms with Gasteiger partial charge in [0.15, 0.2) is 6.10 Å². The molecule has 1 rings (SSSR count). The molecule has 4 nitrogen and oxygen atoms in total. The molecule has 0 radical (unpaired) electrons. The van der Waals surface area contributed by atoms with Crippen LogP contribution in [0.15, 0.2) is 23.8 Å². The second-order valence-corrected chi connectivity index (χ2v) is 3.10. The highest BCUT2D eigenvalue weighted by Crippen LogP contribution is 2.14. The van der Waals surface area contributed by atoms with E-state index in [1.807, 2.05) is 6.08 Å². The Morgan fingerprint density at radius 3 is 3.00 bits per heavy atom. The summed E-state index contributed by atoms with van der Waals surface area (Å²) in [6.45, 7) is 0. The Hall–Kier alpha value is -1.13. The molecule has 0 fully saturated rings. The normalized spacial score (nSPS) is 23.8. The molecule has 0 saturated carbocycles. The van der Waals surface area contributed by atoms with Gasteiger partial charge in [-0.05, 0) is 12.0 Å². The first kappa shape index (κ1) is 9.95. The van der Waals surface area contributed by atoms with E-state index in [1.54, 1.807) is 12.2 Å². The van der Waals surface area contributed by atoms with Gasteiger partial charge in [0.1, 0.15) is 0 Å². The average molecular weight is 183 g/mol. The molecule has 2 unspecified atom stereocenters. The lowest BCUT2D eigenvalue weighted by molar-refractivity contribution is -0.146. The zero-order valence-corrected chi connectivity index (χ0v) is 7.18. The lowest BCUT2D eigenvalue weighted by atomic mass is 9.99. The van der Waals surface area contributed by atoms with Crippen LogP contribution in [0, 0.1) is 0 Å². The molecule has 0 heterocycles. The van der Waals surface area contributed by atoms with E-state index in [1.165, 1.54) is 0 Å². The fourth-order valence-electron chi connectivity index (χ4n) is 1.22. The number of aliphatic hydroxyl groups excluding tert-OH is 1. The molecule has 0 aromatic heterocycles. The Kier molecular flexibility index (Phi) is 3.22. The molecule has 0 aromatic carbocycles. The van der Waals surface area contributed by atoms with E-state index in [0.717, 1.165) is 12.0 Å². The lowest BCUT2D eigenvalue weighted by Gasteiger charge is -2.13. The molecule has 72 valence electrons. The minimum atomic E-state index is -1.33. The van der Waals surface area contributed by atoms with E-state index in [4.69, 9.17) is 15.9 Å². The minimum Gasteiger partial charge on any atom is -0.479 e. The summed E-state index contributed by atoms with van der Waals surface area (Å²) in [4.78, 5) is 10.3. The Balaban J connectivity index is 2.54. The molecule has 0 bridgehead atoms. The molecular weight excluding hydrogens is 170 g/mol. The molecule has 0 amide bonds. The zero-order valence-electron chi connectivity index (χ0n) is 7.18. The average Bonchev–Trinajstić information content (AvgIpc) is 2.04. The van der Waals surface area contributed by atoms with Crippen LogP contribution in [0.4, 0.5) is 0 Å². The maximum absolute atomic E-state index is 10.3. The van der Waals surface area contributed by atoms with Gasteiger partial charge in [-0.1, -0.05) is 18.2 Å². The first-order valence-electron chi connectivity index (χ1n) is 4.13. The lowest BCUT2D eigenvalue weighted by Crippen LogP contribution is -2.22. The summed E-state index contributed by atoms with van der Waals surface area (Å²) in [6, 6.07) is -0.0546. The third-order valence-corrected chi connectivity index (χ3v) is 1.88. The topological polar surface area (TPSA) is 83.5 Å². The molecule has 1 aliphatic carbocycles. The summed E-state index contributed by atoms with van der Waals surface area (Å²) in [5.41, 5.74) is 6.41. The second-order valence-electron chi connectivity index (χ2n) is 3.10. The third-order valence-electron chi connectivity index (χ3n) is 1.88. The minimum absolute atomic E-state index is 0.0546. The number of hydrogen-bond acceptors (Lipinski definition) is 3. The van der Waals surface area contributed by atoms with Crippen LogP contribution in [0.5, 0.6) is 0 Å². The van der Waals surface area contributed by atoms with Crippen LogP contribution in [0.2, 0.25) is 0 Å². The van der Waals surface area contributed by atoms with Crippen molar-refractivity contribution >= 4 is 5.97 Å². The van der Waals surface area contributed by atoms with Gasteiger partial charge in [-0.2, -0.15) is 0 Å². The largest absolute Gasteiger partial charge is 0.479 e. The van der Waals surface area contributed by atoms with Crippen molar-refractivity contribution < 1.29 is 15.0 Å². The highest BCUT2D eigenvalue weighted by molar-refractivity contribution is 5.72. The van der Waals surface area contributed by atoms with Gasteiger partial charge in [-0.25, -0.2) is 4.79 Å². The summed E-state index contributed by atoms with van der Waals surface area (Å²) < 4.78 is 0. The first-order chi connectivity index (χ1) is 6.09. The number of allylic oxidation sites excluding steroid dienone is 1. The quantitative estimate of drug-likeness (QED) is 0.576. The van der Waals surface area contributed by atoms with Crippen molar-refractivity contribution in [2.45, 2.75) is 25.0 Å². The fraction of sp³-hybridized carbons (Fsp3) is 0.444. The van der Waals surface area contributed by atoms with Crippen molar-refractivity contribution in [3.8, 4) is 0 Å². The summed E-state index contributed by atoms with van der Waals surface area (Å²) in [5.74, 6) is -1.20. The van der Waals surface area contributed by atoms with Gasteiger partial charge in [0.05, 0.1) is 0 Å². The van der Waals surface area contributed by atoms with Crippen LogP contribution in [-0.4, -0.2) is 28.3 Å². The number of carbonyl (C=O) groups is 1. The van der Waals surface area contributed by atoms with Gasteiger partial charge in [0.2, 0.25) is 0 Å². The van der Waals surface area contributed by atoms with Crippen LogP contribution in [0.3, 0.4) is 0 Å². The molecular formula is C9H13NO3. The van der Waals surface area contributed by atoms with Gasteiger partial charge in [-0.15, -0.1) is 0 Å². The molecule has 0 aliphatic heterocycles. The van der Waals surface area contributed by atoms with E-state index >= 15 is 0 Å². The molecule has 2 atom stereocenters. The Labute approximate surface area is 76.4 Å². The van der Waals surface area contributed by atoms with Crippen molar-refractivity contribution in [2.24, 2.45) is 5.73 Å². The number of carboxylic acid groups (broad SMARTS) is 1. The monoisotopic (exact) mass is 183 g/mol. The van der Waals surface area contributed by atoms with Gasteiger partial charge < -0.3 is 15.9 Å². The van der Waals surface area contributed by atoms with Gasteiger partial charge >= 0.3 is 5.97 Å². The molecule has 4 heteroatoms. The number of carboxylic acids is 1. The van der Waals surface area contributed by atoms with Crippen molar-refractivity contribution in [3.63, 3.8) is 0 Å². The Bertz CT molecular complexity index is 258. The van der Waals surface area contributed by atoms with E-state index < -0.39 is 12.1 Å². The molecule has 0 aromatic rings. The van der Waals surface area contributed by atoms with E-state index in [9.17, 15) is 4.79 Å². The van der Waals surface area contributed by atoms with E-state index in [-0.39, 0.29) is 12.5 Å². The Morgan fingerprint density at radius 2 is 2.46 bits per heavy atom. The first-order valence-corrected chi connectivity index (χ1v) is 4.13. The zero-order chi connectivity index (χ0) is 9.84. The predicted molar refractivity (Wildman–Crippen MR) is 48.1 cm³/mol. The van der Waals surface area contributed by atoms with Crippen molar-refractivity contribution in [2.75, 3.05) is 0 Å². The van der Waals surface area contributed by atoms with Crippen LogP contribution in [0.25, 0.3) is 0 Å². The predicted octanol–water partition coefficient (Wildman–Crippen LogP) is 0.0356. The molecule has 13 heavy (non-hydrogen) atoms. The molecule has 4 N–H and O–H groups in total. The standard InChI is InChI=1S/C9H13NO3/c10-7-3-1-2-6(4-7)5-8(11)9(12)13/h1-2,4,7-8,11H,3,5,10H2,(H,12,13). The SMILES string of the molecule is NC1C=C(CC(O)C(=O)O)C=CC1. The number of rotatable bonds is 3. The van der Waals surface area contributed by atoms with Crippen LogP contribution in [-0.2, 0) is 4.79 Å². The van der Waals surface area contributed by atoms with E-state index in [2.05, 4.69) is 0 Å². The smallest absolute Gasteiger partial charge is 0.332 e. The second kappa shape index (κ2) is 4.20. The maximum atomic E-state index is 10.3. The summed E-state index contributed by atoms with van der Waals surface area (Å²) in [5, 5.41) is 17.5. The van der Waals surface area contributed by atoms with Crippen LogP contribution in [0.1, 0.15) is 12.8 Å². The third kappa shape index (κ3) is 3.01. The fourth-order valence-corrected chi connectivity index (χ4v) is 1.22. The van der Waals surface area contributed by atoms with E-state index in [0.29, 0.717) is 0 Å². The van der Waals surface area contributed by atoms with Crippen LogP contribution < -0.4 is 5.73 Å². The number of aliphatic carboxylic acids is 1. The highest BCUT2D eigenvalue weighted by atomic mass is 16.4. The summed E-state index contributed by atoms with van der Waals surface area (Å²) >= 11 is 0. The van der Waals surface area contributed by atoms with Crippen molar-refractivity contribution in [1.29, 1.82) is 0 Å². The van der Waals surface area contributed by atoms with Gasteiger partial charge in [-0.3, -0.25) is 0 Å². The number of aliphatic hydroxyl groups is 1. The molecule has 1 aliphatic rings. The number of hydrogen-bond donors (Lipinski definition) is 3. The molecule has 0 saturated heterocycles. The van der Waals surface area contributed by atoms with Crippen LogP contribution >= 0.6 is 0 Å².